The van der Waals surface area contributed by atoms with E-state index in [0.717, 1.165) is 5.39 Å². The van der Waals surface area contributed by atoms with Gasteiger partial charge in [-0.05, 0) is 6.07 Å². The highest BCUT2D eigenvalue weighted by molar-refractivity contribution is 5.79. The zero-order valence-electron chi connectivity index (χ0n) is 6.86. The van der Waals surface area contributed by atoms with Gasteiger partial charge in [0.15, 0.2) is 0 Å². The molecule has 0 saturated carbocycles. The minimum atomic E-state index is -0.395. The molecule has 0 radical (unpaired) electrons. The Morgan fingerprint density at radius 2 is 2.08 bits per heavy atom. The molecule has 3 nitrogen and oxygen atoms in total. The Morgan fingerprint density at radius 3 is 2.85 bits per heavy atom. The monoisotopic (exact) mass is 176 g/mol. The highest BCUT2D eigenvalue weighted by Crippen LogP contribution is 2.16. The molecule has 0 amide bonds. The predicted molar refractivity (Wildman–Crippen MR) is 48.4 cm³/mol. The SMILES string of the molecule is O=c1ccc2cccc(CO)c2o1. The van der Waals surface area contributed by atoms with Crippen LogP contribution in [0.1, 0.15) is 5.56 Å². The van der Waals surface area contributed by atoms with E-state index in [-0.39, 0.29) is 6.61 Å². The van der Waals surface area contributed by atoms with E-state index in [1.54, 1.807) is 12.1 Å². The molecular formula is C10H8O3. The molecule has 0 atom stereocenters. The lowest BCUT2D eigenvalue weighted by Crippen LogP contribution is -1.96. The summed E-state index contributed by atoms with van der Waals surface area (Å²) in [5.41, 5.74) is 0.709. The fraction of sp³-hybridized carbons (Fsp3) is 0.100. The first-order chi connectivity index (χ1) is 6.31. The van der Waals surface area contributed by atoms with Crippen molar-refractivity contribution in [2.75, 3.05) is 0 Å². The fourth-order valence-corrected chi connectivity index (χ4v) is 1.28. The molecule has 2 aromatic rings. The van der Waals surface area contributed by atoms with Crippen LogP contribution in [0.15, 0.2) is 39.5 Å². The van der Waals surface area contributed by atoms with Crippen LogP contribution in [0.25, 0.3) is 11.0 Å². The quantitative estimate of drug-likeness (QED) is 0.666. The molecule has 0 aliphatic carbocycles. The molecule has 0 fully saturated rings. The Hall–Kier alpha value is -1.61. The maximum Gasteiger partial charge on any atom is 0.336 e. The third kappa shape index (κ3) is 1.34. The van der Waals surface area contributed by atoms with Gasteiger partial charge in [0.2, 0.25) is 0 Å². The van der Waals surface area contributed by atoms with Gasteiger partial charge in [-0.25, -0.2) is 4.79 Å². The number of benzene rings is 1. The van der Waals surface area contributed by atoms with Crippen LogP contribution < -0.4 is 5.63 Å². The second kappa shape index (κ2) is 3.03. The molecule has 0 saturated heterocycles. The Kier molecular flexibility index (Phi) is 1.87. The first-order valence-electron chi connectivity index (χ1n) is 3.94. The van der Waals surface area contributed by atoms with Gasteiger partial charge in [0, 0.05) is 17.0 Å². The molecule has 0 bridgehead atoms. The maximum atomic E-state index is 10.9. The van der Waals surface area contributed by atoms with E-state index in [4.69, 9.17) is 9.52 Å². The number of aliphatic hydroxyl groups is 1. The summed E-state index contributed by atoms with van der Waals surface area (Å²) < 4.78 is 4.97. The van der Waals surface area contributed by atoms with Crippen molar-refractivity contribution in [1.82, 2.24) is 0 Å². The van der Waals surface area contributed by atoms with Crippen molar-refractivity contribution in [2.45, 2.75) is 6.61 Å². The maximum absolute atomic E-state index is 10.9. The van der Waals surface area contributed by atoms with Gasteiger partial charge in [-0.3, -0.25) is 0 Å². The minimum Gasteiger partial charge on any atom is -0.422 e. The van der Waals surface area contributed by atoms with Crippen LogP contribution in [0.4, 0.5) is 0 Å². The van der Waals surface area contributed by atoms with Gasteiger partial charge in [0.1, 0.15) is 5.58 Å². The van der Waals surface area contributed by atoms with Gasteiger partial charge in [0.05, 0.1) is 6.61 Å². The smallest absolute Gasteiger partial charge is 0.336 e. The first-order valence-corrected chi connectivity index (χ1v) is 3.94. The number of rotatable bonds is 1. The number of hydrogen-bond acceptors (Lipinski definition) is 3. The van der Waals surface area contributed by atoms with Crippen molar-refractivity contribution in [1.29, 1.82) is 0 Å². The van der Waals surface area contributed by atoms with Crippen LogP contribution in [-0.4, -0.2) is 5.11 Å². The summed E-state index contributed by atoms with van der Waals surface area (Å²) in [5.74, 6) is 0. The predicted octanol–water partition coefficient (Wildman–Crippen LogP) is 1.29. The second-order valence-corrected chi connectivity index (χ2v) is 2.75. The number of aliphatic hydroxyl groups excluding tert-OH is 1. The van der Waals surface area contributed by atoms with Gasteiger partial charge in [0.25, 0.3) is 0 Å². The Balaban J connectivity index is 2.87. The van der Waals surface area contributed by atoms with Gasteiger partial charge in [-0.15, -0.1) is 0 Å². The molecule has 2 rings (SSSR count). The van der Waals surface area contributed by atoms with Crippen molar-refractivity contribution in [3.05, 3.63) is 46.3 Å². The molecule has 0 aliphatic heterocycles. The highest BCUT2D eigenvalue weighted by Gasteiger charge is 2.01. The molecule has 3 heteroatoms. The van der Waals surface area contributed by atoms with Crippen molar-refractivity contribution in [2.24, 2.45) is 0 Å². The molecule has 0 spiro atoms. The van der Waals surface area contributed by atoms with Gasteiger partial charge >= 0.3 is 5.63 Å². The number of para-hydroxylation sites is 1. The van der Waals surface area contributed by atoms with E-state index in [2.05, 4.69) is 0 Å². The van der Waals surface area contributed by atoms with Gasteiger partial charge in [-0.1, -0.05) is 18.2 Å². The molecule has 1 aromatic heterocycles. The second-order valence-electron chi connectivity index (χ2n) is 2.75. The van der Waals surface area contributed by atoms with Gasteiger partial charge in [-0.2, -0.15) is 0 Å². The standard InChI is InChI=1S/C10H8O3/c11-6-8-3-1-2-7-4-5-9(12)13-10(7)8/h1-5,11H,6H2. The number of fused-ring (bicyclic) bond motifs is 1. The van der Waals surface area contributed by atoms with E-state index < -0.39 is 5.63 Å². The van der Waals surface area contributed by atoms with E-state index in [1.807, 2.05) is 12.1 Å². The van der Waals surface area contributed by atoms with E-state index in [1.165, 1.54) is 6.07 Å². The molecule has 1 heterocycles. The van der Waals surface area contributed by atoms with Crippen LogP contribution in [0, 0.1) is 0 Å². The van der Waals surface area contributed by atoms with Crippen molar-refractivity contribution in [3.63, 3.8) is 0 Å². The minimum absolute atomic E-state index is 0.121. The Labute approximate surface area is 74.2 Å². The van der Waals surface area contributed by atoms with Crippen LogP contribution >= 0.6 is 0 Å². The van der Waals surface area contributed by atoms with Crippen molar-refractivity contribution >= 4 is 11.0 Å². The third-order valence-corrected chi connectivity index (χ3v) is 1.90. The fourth-order valence-electron chi connectivity index (χ4n) is 1.28. The van der Waals surface area contributed by atoms with Crippen LogP contribution in [0.3, 0.4) is 0 Å². The van der Waals surface area contributed by atoms with Crippen LogP contribution in [0.5, 0.6) is 0 Å². The van der Waals surface area contributed by atoms with Crippen molar-refractivity contribution in [3.8, 4) is 0 Å². The summed E-state index contributed by atoms with van der Waals surface area (Å²) >= 11 is 0. The highest BCUT2D eigenvalue weighted by atomic mass is 16.4. The summed E-state index contributed by atoms with van der Waals surface area (Å²) in [7, 11) is 0. The first kappa shape index (κ1) is 8.01. The summed E-state index contributed by atoms with van der Waals surface area (Å²) in [6, 6.07) is 8.42. The molecular weight excluding hydrogens is 168 g/mol. The Morgan fingerprint density at radius 1 is 1.23 bits per heavy atom. The summed E-state index contributed by atoms with van der Waals surface area (Å²) in [6.45, 7) is -0.121. The largest absolute Gasteiger partial charge is 0.422 e. The lowest BCUT2D eigenvalue weighted by atomic mass is 10.1. The zero-order valence-corrected chi connectivity index (χ0v) is 6.86. The molecule has 13 heavy (non-hydrogen) atoms. The van der Waals surface area contributed by atoms with Crippen LogP contribution in [-0.2, 0) is 6.61 Å². The molecule has 66 valence electrons. The van der Waals surface area contributed by atoms with E-state index in [0.29, 0.717) is 11.1 Å². The normalized spacial score (nSPS) is 10.5. The lowest BCUT2D eigenvalue weighted by Gasteiger charge is -1.99. The zero-order chi connectivity index (χ0) is 9.26. The summed E-state index contributed by atoms with van der Waals surface area (Å²) in [4.78, 5) is 10.9. The lowest BCUT2D eigenvalue weighted by molar-refractivity contribution is 0.281. The molecule has 0 unspecified atom stereocenters. The van der Waals surface area contributed by atoms with Gasteiger partial charge < -0.3 is 9.52 Å². The van der Waals surface area contributed by atoms with Crippen molar-refractivity contribution < 1.29 is 9.52 Å². The molecule has 1 aromatic carbocycles. The summed E-state index contributed by atoms with van der Waals surface area (Å²) in [6.07, 6.45) is 0. The third-order valence-electron chi connectivity index (χ3n) is 1.90. The summed E-state index contributed by atoms with van der Waals surface area (Å²) in [5, 5.41) is 9.79. The Bertz CT molecular complexity index is 485. The van der Waals surface area contributed by atoms with Crippen LogP contribution in [0.2, 0.25) is 0 Å². The topological polar surface area (TPSA) is 50.4 Å². The molecule has 0 aliphatic rings. The van der Waals surface area contributed by atoms with E-state index in [9.17, 15) is 4.79 Å². The average Bonchev–Trinajstić information content (AvgIpc) is 2.17. The average molecular weight is 176 g/mol. The molecule has 1 N–H and O–H groups in total. The number of hydrogen-bond donors (Lipinski definition) is 1. The van der Waals surface area contributed by atoms with E-state index >= 15 is 0 Å².